The van der Waals surface area contributed by atoms with E-state index in [4.69, 9.17) is 0 Å². The molecule has 0 spiro atoms. The number of rotatable bonds is 2. The lowest BCUT2D eigenvalue weighted by Crippen LogP contribution is -2.50. The van der Waals surface area contributed by atoms with Crippen LogP contribution in [0.5, 0.6) is 0 Å². The Bertz CT molecular complexity index is 972. The molecule has 0 radical (unpaired) electrons. The van der Waals surface area contributed by atoms with E-state index in [2.05, 4.69) is 13.8 Å². The maximum Gasteiger partial charge on any atom is 0.299 e. The van der Waals surface area contributed by atoms with Crippen LogP contribution in [0.4, 0.5) is 5.69 Å². The third kappa shape index (κ3) is 2.74. The largest absolute Gasteiger partial charge is 0.299 e. The van der Waals surface area contributed by atoms with E-state index in [-0.39, 0.29) is 16.4 Å². The molecule has 4 rings (SSSR count). The molecule has 7 heteroatoms. The molecule has 28 heavy (non-hydrogen) atoms. The summed E-state index contributed by atoms with van der Waals surface area (Å²) >= 11 is 0. The van der Waals surface area contributed by atoms with E-state index in [0.29, 0.717) is 37.0 Å². The van der Waals surface area contributed by atoms with Crippen molar-refractivity contribution in [1.82, 2.24) is 4.31 Å². The van der Waals surface area contributed by atoms with Gasteiger partial charge in [-0.25, -0.2) is 8.42 Å². The molecule has 1 saturated heterocycles. The van der Waals surface area contributed by atoms with Crippen LogP contribution >= 0.6 is 0 Å². The van der Waals surface area contributed by atoms with Crippen LogP contribution in [0.1, 0.15) is 69.3 Å². The molecule has 0 aromatic heterocycles. The van der Waals surface area contributed by atoms with Gasteiger partial charge in [-0.2, -0.15) is 4.31 Å². The highest BCUT2D eigenvalue weighted by Crippen LogP contribution is 2.49. The summed E-state index contributed by atoms with van der Waals surface area (Å²) in [6.07, 6.45) is 1.69. The molecule has 6 nitrogen and oxygen atoms in total. The Labute approximate surface area is 166 Å². The topological polar surface area (TPSA) is 74.8 Å². The third-order valence-electron chi connectivity index (χ3n) is 6.39. The number of ketones is 1. The summed E-state index contributed by atoms with van der Waals surface area (Å²) in [7, 11) is -3.72. The Balaban J connectivity index is 1.86. The molecule has 152 valence electrons. The molecule has 3 atom stereocenters. The van der Waals surface area contributed by atoms with Gasteiger partial charge in [0.2, 0.25) is 10.0 Å². The van der Waals surface area contributed by atoms with Gasteiger partial charge in [0.05, 0.1) is 16.1 Å². The molecule has 3 aliphatic heterocycles. The molecular formula is C21H28N2O4S. The molecule has 1 aromatic rings. The van der Waals surface area contributed by atoms with Gasteiger partial charge in [-0.1, -0.05) is 20.8 Å². The first-order valence-electron chi connectivity index (χ1n) is 10.0. The van der Waals surface area contributed by atoms with Crippen molar-refractivity contribution >= 4 is 27.4 Å². The summed E-state index contributed by atoms with van der Waals surface area (Å²) in [4.78, 5) is 27.1. The SMILES string of the molecule is CC1CC(C)CN(S(=O)(=O)c2cc3c4c(c2)C(C)CC(C)(C)N4C(=O)C3=O)C1. The highest BCUT2D eigenvalue weighted by Gasteiger charge is 2.50. The second-order valence-electron chi connectivity index (χ2n) is 9.56. The van der Waals surface area contributed by atoms with Gasteiger partial charge >= 0.3 is 0 Å². The molecule has 3 unspecified atom stereocenters. The number of carbonyl (C=O) groups excluding carboxylic acids is 2. The van der Waals surface area contributed by atoms with Gasteiger partial charge < -0.3 is 0 Å². The summed E-state index contributed by atoms with van der Waals surface area (Å²) in [5, 5.41) is 0. The molecule has 3 aliphatic rings. The summed E-state index contributed by atoms with van der Waals surface area (Å²) in [5.74, 6) is -0.499. The Kier molecular flexibility index (Phi) is 4.29. The number of Topliss-reactive ketones (excluding diaryl/α,β-unsaturated/α-hetero) is 1. The Morgan fingerprint density at radius 3 is 2.25 bits per heavy atom. The average molecular weight is 405 g/mol. The predicted octanol–water partition coefficient (Wildman–Crippen LogP) is 3.17. The van der Waals surface area contributed by atoms with Crippen molar-refractivity contribution in [2.45, 2.75) is 63.8 Å². The van der Waals surface area contributed by atoms with Gasteiger partial charge in [0, 0.05) is 18.6 Å². The lowest BCUT2D eigenvalue weighted by atomic mass is 9.80. The Morgan fingerprint density at radius 1 is 1.04 bits per heavy atom. The first kappa shape index (κ1) is 19.6. The number of nitrogens with zero attached hydrogens (tertiary/aromatic N) is 2. The van der Waals surface area contributed by atoms with Crippen molar-refractivity contribution in [2.24, 2.45) is 11.8 Å². The second kappa shape index (κ2) is 6.13. The zero-order valence-electron chi connectivity index (χ0n) is 17.2. The maximum atomic E-state index is 13.4. The number of carbonyl (C=O) groups is 2. The molecule has 1 fully saturated rings. The molecular weight excluding hydrogens is 376 g/mol. The maximum absolute atomic E-state index is 13.4. The monoisotopic (exact) mass is 404 g/mol. The van der Waals surface area contributed by atoms with E-state index < -0.39 is 27.3 Å². The smallest absolute Gasteiger partial charge is 0.299 e. The first-order valence-corrected chi connectivity index (χ1v) is 11.4. The first-order chi connectivity index (χ1) is 12.9. The van der Waals surface area contributed by atoms with Crippen LogP contribution in [0.25, 0.3) is 0 Å². The minimum atomic E-state index is -3.72. The number of hydrogen-bond donors (Lipinski definition) is 0. The van der Waals surface area contributed by atoms with Crippen LogP contribution in [-0.4, -0.2) is 43.0 Å². The zero-order valence-corrected chi connectivity index (χ0v) is 18.0. The van der Waals surface area contributed by atoms with Gasteiger partial charge in [-0.05, 0) is 62.1 Å². The fourth-order valence-electron chi connectivity index (χ4n) is 5.37. The van der Waals surface area contributed by atoms with E-state index in [1.807, 2.05) is 20.8 Å². The van der Waals surface area contributed by atoms with E-state index in [9.17, 15) is 18.0 Å². The third-order valence-corrected chi connectivity index (χ3v) is 8.20. The minimum absolute atomic E-state index is 0.0630. The highest BCUT2D eigenvalue weighted by molar-refractivity contribution is 7.89. The standard InChI is InChI=1S/C21H28N2O4S/c1-12-6-13(2)11-22(10-12)28(26,27)15-7-16-14(3)9-21(4,5)23-18(16)17(8-15)19(24)20(23)25/h7-8,12-14H,6,9-11H2,1-5H3. The highest BCUT2D eigenvalue weighted by atomic mass is 32.2. The van der Waals surface area contributed by atoms with Crippen molar-refractivity contribution in [3.05, 3.63) is 23.3 Å². The fraction of sp³-hybridized carbons (Fsp3) is 0.619. The number of amides is 1. The lowest BCUT2D eigenvalue weighted by Gasteiger charge is -2.43. The number of sulfonamides is 1. The van der Waals surface area contributed by atoms with E-state index in [1.165, 1.54) is 10.4 Å². The zero-order chi connectivity index (χ0) is 20.6. The number of anilines is 1. The van der Waals surface area contributed by atoms with Gasteiger partial charge in [0.25, 0.3) is 11.7 Å². The Morgan fingerprint density at radius 2 is 1.64 bits per heavy atom. The van der Waals surface area contributed by atoms with Gasteiger partial charge in [0.15, 0.2) is 0 Å². The molecule has 0 N–H and O–H groups in total. The predicted molar refractivity (Wildman–Crippen MR) is 107 cm³/mol. The van der Waals surface area contributed by atoms with E-state index in [1.54, 1.807) is 11.0 Å². The summed E-state index contributed by atoms with van der Waals surface area (Å²) < 4.78 is 28.3. The summed E-state index contributed by atoms with van der Waals surface area (Å²) in [5.41, 5.74) is 1.16. The van der Waals surface area contributed by atoms with Crippen LogP contribution in [-0.2, 0) is 14.8 Å². The molecule has 0 bridgehead atoms. The lowest BCUT2D eigenvalue weighted by molar-refractivity contribution is -0.115. The van der Waals surface area contributed by atoms with Crippen LogP contribution in [0, 0.1) is 11.8 Å². The molecule has 1 amide bonds. The quantitative estimate of drug-likeness (QED) is 0.710. The van der Waals surface area contributed by atoms with Gasteiger partial charge in [0.1, 0.15) is 0 Å². The second-order valence-corrected chi connectivity index (χ2v) is 11.5. The Hall–Kier alpha value is -1.73. The summed E-state index contributed by atoms with van der Waals surface area (Å²) in [6, 6.07) is 3.11. The number of benzene rings is 1. The number of piperidine rings is 1. The van der Waals surface area contributed by atoms with Crippen LogP contribution in [0.15, 0.2) is 17.0 Å². The van der Waals surface area contributed by atoms with E-state index >= 15 is 0 Å². The van der Waals surface area contributed by atoms with Crippen LogP contribution < -0.4 is 4.90 Å². The fourth-order valence-corrected chi connectivity index (χ4v) is 7.12. The van der Waals surface area contributed by atoms with Crippen molar-refractivity contribution < 1.29 is 18.0 Å². The van der Waals surface area contributed by atoms with Crippen LogP contribution in [0.2, 0.25) is 0 Å². The van der Waals surface area contributed by atoms with Crippen LogP contribution in [0.3, 0.4) is 0 Å². The van der Waals surface area contributed by atoms with E-state index in [0.717, 1.165) is 12.0 Å². The molecule has 1 aromatic carbocycles. The van der Waals surface area contributed by atoms with Gasteiger partial charge in [-0.15, -0.1) is 0 Å². The average Bonchev–Trinajstić information content (AvgIpc) is 2.84. The van der Waals surface area contributed by atoms with Crippen molar-refractivity contribution in [3.8, 4) is 0 Å². The van der Waals surface area contributed by atoms with Crippen molar-refractivity contribution in [2.75, 3.05) is 18.0 Å². The van der Waals surface area contributed by atoms with Gasteiger partial charge in [-0.3, -0.25) is 14.5 Å². The normalized spacial score (nSPS) is 29.9. The summed E-state index contributed by atoms with van der Waals surface area (Å²) in [6.45, 7) is 11.0. The molecule has 3 heterocycles. The van der Waals surface area contributed by atoms with Crippen molar-refractivity contribution in [1.29, 1.82) is 0 Å². The molecule has 0 aliphatic carbocycles. The minimum Gasteiger partial charge on any atom is -0.299 e. The molecule has 0 saturated carbocycles. The van der Waals surface area contributed by atoms with Crippen molar-refractivity contribution in [3.63, 3.8) is 0 Å². The number of hydrogen-bond acceptors (Lipinski definition) is 4.